The molecular weight excluding hydrogens is 332 g/mol. The number of aromatic nitrogens is 1. The van der Waals surface area contributed by atoms with Crippen LogP contribution in [-0.2, 0) is 21.5 Å². The molecule has 0 N–H and O–H groups in total. The van der Waals surface area contributed by atoms with Gasteiger partial charge in [-0.05, 0) is 25.0 Å². The lowest BCUT2D eigenvalue weighted by Crippen LogP contribution is -2.44. The van der Waals surface area contributed by atoms with Crippen molar-refractivity contribution >= 4 is 16.3 Å². The van der Waals surface area contributed by atoms with Gasteiger partial charge in [0.05, 0.1) is 24.8 Å². The Hall–Kier alpha value is -1.71. The summed E-state index contributed by atoms with van der Waals surface area (Å²) in [6, 6.07) is 5.26. The molecule has 0 saturated carbocycles. The van der Waals surface area contributed by atoms with E-state index in [1.807, 2.05) is 18.2 Å². The van der Waals surface area contributed by atoms with Gasteiger partial charge in [0, 0.05) is 25.8 Å². The summed E-state index contributed by atoms with van der Waals surface area (Å²) in [4.78, 5) is 17.9. The topological polar surface area (TPSA) is 83.0 Å². The van der Waals surface area contributed by atoms with Crippen molar-refractivity contribution < 1.29 is 17.9 Å². The Labute approximate surface area is 141 Å². The van der Waals surface area contributed by atoms with Crippen LogP contribution < -0.4 is 0 Å². The van der Waals surface area contributed by atoms with Crippen LogP contribution in [-0.4, -0.2) is 71.3 Å². The van der Waals surface area contributed by atoms with E-state index in [9.17, 15) is 13.2 Å². The third-order valence-electron chi connectivity index (χ3n) is 4.87. The Bertz CT molecular complexity index is 720. The Balaban J connectivity index is 1.49. The van der Waals surface area contributed by atoms with Crippen LogP contribution >= 0.6 is 0 Å². The fourth-order valence-electron chi connectivity index (χ4n) is 3.59. The lowest BCUT2D eigenvalue weighted by Gasteiger charge is -2.25. The molecule has 0 bridgehead atoms. The fourth-order valence-corrected chi connectivity index (χ4v) is 5.31. The van der Waals surface area contributed by atoms with Gasteiger partial charge in [0.1, 0.15) is 6.10 Å². The van der Waals surface area contributed by atoms with Crippen molar-refractivity contribution in [2.45, 2.75) is 31.5 Å². The third-order valence-corrected chi connectivity index (χ3v) is 6.84. The van der Waals surface area contributed by atoms with E-state index >= 15 is 0 Å². The summed E-state index contributed by atoms with van der Waals surface area (Å²) in [6.07, 6.45) is 2.68. The maximum atomic E-state index is 12.7. The zero-order valence-corrected chi connectivity index (χ0v) is 14.1. The first-order chi connectivity index (χ1) is 11.6. The van der Waals surface area contributed by atoms with Crippen LogP contribution in [0.4, 0.5) is 4.79 Å². The van der Waals surface area contributed by atoms with E-state index in [1.165, 1.54) is 8.61 Å². The van der Waals surface area contributed by atoms with Crippen LogP contribution in [0.15, 0.2) is 24.4 Å². The Morgan fingerprint density at radius 2 is 1.96 bits per heavy atom. The summed E-state index contributed by atoms with van der Waals surface area (Å²) in [5, 5.41) is 0. The summed E-state index contributed by atoms with van der Waals surface area (Å²) in [7, 11) is -3.46. The molecule has 0 aliphatic carbocycles. The highest BCUT2D eigenvalue weighted by Crippen LogP contribution is 2.31. The maximum Gasteiger partial charge on any atom is 0.410 e. The molecule has 0 radical (unpaired) electrons. The molecule has 4 heterocycles. The summed E-state index contributed by atoms with van der Waals surface area (Å²) in [5.74, 6) is 0. The van der Waals surface area contributed by atoms with Gasteiger partial charge in [-0.15, -0.1) is 0 Å². The molecule has 3 aliphatic rings. The van der Waals surface area contributed by atoms with Crippen molar-refractivity contribution in [3.63, 3.8) is 0 Å². The number of rotatable bonds is 4. The van der Waals surface area contributed by atoms with E-state index in [0.29, 0.717) is 19.6 Å². The SMILES string of the molecule is O=C1O[C@@H]2CN(S(=O)(=O)N3CCCC3)C[C@@H]2N1Cc1ccccn1. The number of amides is 1. The average molecular weight is 352 g/mol. The molecule has 2 atom stereocenters. The number of carbonyl (C=O) groups is 1. The van der Waals surface area contributed by atoms with Gasteiger partial charge >= 0.3 is 6.09 Å². The zero-order chi connectivity index (χ0) is 16.7. The number of fused-ring (bicyclic) bond motifs is 1. The zero-order valence-electron chi connectivity index (χ0n) is 13.2. The highest BCUT2D eigenvalue weighted by Gasteiger charge is 2.51. The summed E-state index contributed by atoms with van der Waals surface area (Å²) >= 11 is 0. The first-order valence-corrected chi connectivity index (χ1v) is 9.58. The number of ether oxygens (including phenoxy) is 1. The largest absolute Gasteiger partial charge is 0.442 e. The standard InChI is InChI=1S/C15H20N4O4S/c20-15-19(9-12-5-1-2-6-16-12)13-10-18(11-14(13)23-15)24(21,22)17-7-3-4-8-17/h1-2,5-6,13-14H,3-4,7-11H2/t13-,14+/m0/s1. The van der Waals surface area contributed by atoms with Gasteiger partial charge in [0.15, 0.2) is 0 Å². The van der Waals surface area contributed by atoms with Crippen LogP contribution in [0.5, 0.6) is 0 Å². The molecule has 8 nitrogen and oxygen atoms in total. The molecule has 3 saturated heterocycles. The molecule has 0 spiro atoms. The van der Waals surface area contributed by atoms with Crippen molar-refractivity contribution in [1.29, 1.82) is 0 Å². The molecule has 4 rings (SSSR count). The van der Waals surface area contributed by atoms with E-state index in [2.05, 4.69) is 4.98 Å². The fraction of sp³-hybridized carbons (Fsp3) is 0.600. The van der Waals surface area contributed by atoms with Gasteiger partial charge in [-0.3, -0.25) is 9.88 Å². The molecule has 9 heteroatoms. The third kappa shape index (κ3) is 2.66. The van der Waals surface area contributed by atoms with Crippen LogP contribution in [0, 0.1) is 0 Å². The summed E-state index contributed by atoms with van der Waals surface area (Å²) < 4.78 is 33.8. The quantitative estimate of drug-likeness (QED) is 0.785. The molecule has 1 aromatic rings. The average Bonchev–Trinajstić information content (AvgIpc) is 3.28. The molecule has 0 unspecified atom stereocenters. The summed E-state index contributed by atoms with van der Waals surface area (Å²) in [6.45, 7) is 1.99. The molecule has 24 heavy (non-hydrogen) atoms. The number of carbonyl (C=O) groups excluding carboxylic acids is 1. The van der Waals surface area contributed by atoms with Gasteiger partial charge in [-0.1, -0.05) is 6.07 Å². The number of hydrogen-bond acceptors (Lipinski definition) is 5. The highest BCUT2D eigenvalue weighted by molar-refractivity contribution is 7.86. The molecule has 1 aromatic heterocycles. The predicted molar refractivity (Wildman–Crippen MR) is 85.1 cm³/mol. The van der Waals surface area contributed by atoms with E-state index in [4.69, 9.17) is 4.74 Å². The van der Waals surface area contributed by atoms with E-state index < -0.39 is 22.4 Å². The van der Waals surface area contributed by atoms with Crippen molar-refractivity contribution in [2.24, 2.45) is 0 Å². The van der Waals surface area contributed by atoms with Gasteiger partial charge in [-0.25, -0.2) is 4.79 Å². The van der Waals surface area contributed by atoms with Crippen LogP contribution in [0.2, 0.25) is 0 Å². The monoisotopic (exact) mass is 352 g/mol. The first-order valence-electron chi connectivity index (χ1n) is 8.18. The normalized spacial score (nSPS) is 28.3. The van der Waals surface area contributed by atoms with Gasteiger partial charge in [0.2, 0.25) is 0 Å². The second-order valence-corrected chi connectivity index (χ2v) is 8.30. The highest BCUT2D eigenvalue weighted by atomic mass is 32.2. The minimum absolute atomic E-state index is 0.230. The summed E-state index contributed by atoms with van der Waals surface area (Å²) in [5.41, 5.74) is 0.760. The van der Waals surface area contributed by atoms with Crippen LogP contribution in [0.3, 0.4) is 0 Å². The van der Waals surface area contributed by atoms with Gasteiger partial charge in [-0.2, -0.15) is 17.0 Å². The van der Waals surface area contributed by atoms with E-state index in [1.54, 1.807) is 11.1 Å². The smallest absolute Gasteiger partial charge is 0.410 e. The molecule has 3 fully saturated rings. The first kappa shape index (κ1) is 15.8. The van der Waals surface area contributed by atoms with E-state index in [0.717, 1.165) is 18.5 Å². The van der Waals surface area contributed by atoms with Crippen molar-refractivity contribution in [3.8, 4) is 0 Å². The van der Waals surface area contributed by atoms with Crippen LogP contribution in [0.1, 0.15) is 18.5 Å². The van der Waals surface area contributed by atoms with E-state index in [-0.39, 0.29) is 19.1 Å². The molecular formula is C15H20N4O4S. The number of hydrogen-bond donors (Lipinski definition) is 0. The van der Waals surface area contributed by atoms with Gasteiger partial charge in [0.25, 0.3) is 10.2 Å². The van der Waals surface area contributed by atoms with Crippen molar-refractivity contribution in [1.82, 2.24) is 18.5 Å². The number of nitrogens with zero attached hydrogens (tertiary/aromatic N) is 4. The van der Waals surface area contributed by atoms with Crippen molar-refractivity contribution in [3.05, 3.63) is 30.1 Å². The maximum absolute atomic E-state index is 12.7. The van der Waals surface area contributed by atoms with Crippen molar-refractivity contribution in [2.75, 3.05) is 26.2 Å². The molecule has 3 aliphatic heterocycles. The predicted octanol–water partition coefficient (Wildman–Crippen LogP) is 0.427. The molecule has 1 amide bonds. The molecule has 130 valence electrons. The second-order valence-electron chi connectivity index (χ2n) is 6.37. The lowest BCUT2D eigenvalue weighted by atomic mass is 10.2. The Kier molecular flexibility index (Phi) is 3.93. The minimum Gasteiger partial charge on any atom is -0.442 e. The Morgan fingerprint density at radius 3 is 2.67 bits per heavy atom. The lowest BCUT2D eigenvalue weighted by molar-refractivity contribution is 0.127. The Morgan fingerprint density at radius 1 is 1.17 bits per heavy atom. The second kappa shape index (κ2) is 5.98. The molecule has 0 aromatic carbocycles. The number of pyridine rings is 1. The minimum atomic E-state index is -3.46. The van der Waals surface area contributed by atoms with Gasteiger partial charge < -0.3 is 4.74 Å². The van der Waals surface area contributed by atoms with Crippen LogP contribution in [0.25, 0.3) is 0 Å².